The fraction of sp³-hybridized carbons (Fsp3) is 0.733. The number of furan rings is 1. The van der Waals surface area contributed by atoms with Crippen molar-refractivity contribution in [2.24, 2.45) is 5.73 Å². The molecule has 4 nitrogen and oxygen atoms in total. The van der Waals surface area contributed by atoms with Crippen LogP contribution in [-0.4, -0.2) is 36.7 Å². The van der Waals surface area contributed by atoms with Gasteiger partial charge in [0.15, 0.2) is 0 Å². The van der Waals surface area contributed by atoms with E-state index in [1.165, 1.54) is 0 Å². The van der Waals surface area contributed by atoms with E-state index in [0.29, 0.717) is 6.10 Å². The van der Waals surface area contributed by atoms with Gasteiger partial charge < -0.3 is 14.9 Å². The van der Waals surface area contributed by atoms with Crippen molar-refractivity contribution in [1.82, 2.24) is 4.90 Å². The maximum atomic E-state index is 6.19. The lowest BCUT2D eigenvalue weighted by molar-refractivity contribution is -0.0137. The number of aryl methyl sites for hydroxylation is 1. The molecule has 1 aromatic rings. The summed E-state index contributed by atoms with van der Waals surface area (Å²) < 4.78 is 11.6. The third kappa shape index (κ3) is 3.59. The molecular weight excluding hydrogens is 240 g/mol. The largest absolute Gasteiger partial charge is 0.465 e. The predicted molar refractivity (Wildman–Crippen MR) is 76.1 cm³/mol. The van der Waals surface area contributed by atoms with Crippen LogP contribution in [0.5, 0.6) is 0 Å². The van der Waals surface area contributed by atoms with Gasteiger partial charge in [0.05, 0.1) is 12.1 Å². The molecule has 2 heterocycles. The monoisotopic (exact) mass is 266 g/mol. The minimum Gasteiger partial charge on any atom is -0.465 e. The molecule has 0 amide bonds. The van der Waals surface area contributed by atoms with Crippen LogP contribution in [0.2, 0.25) is 0 Å². The van der Waals surface area contributed by atoms with Crippen LogP contribution in [0.1, 0.15) is 44.3 Å². The van der Waals surface area contributed by atoms with Gasteiger partial charge >= 0.3 is 0 Å². The second-order valence-corrected chi connectivity index (χ2v) is 5.47. The molecule has 0 radical (unpaired) electrons. The van der Waals surface area contributed by atoms with Crippen LogP contribution in [0.15, 0.2) is 16.5 Å². The number of likely N-dealkylation sites (tertiary alicyclic amines) is 1. The molecule has 1 aliphatic heterocycles. The second-order valence-electron chi connectivity index (χ2n) is 5.47. The lowest BCUT2D eigenvalue weighted by atomic mass is 10.0. The highest BCUT2D eigenvalue weighted by atomic mass is 16.5. The Morgan fingerprint density at radius 3 is 2.89 bits per heavy atom. The SMILES string of the molecule is CCOC1CCCN(C(c2ccc(C)o2)C(C)N)C1. The summed E-state index contributed by atoms with van der Waals surface area (Å²) in [6, 6.07) is 4.25. The Morgan fingerprint density at radius 2 is 2.32 bits per heavy atom. The normalized spacial score (nSPS) is 24.3. The molecule has 1 fully saturated rings. The zero-order chi connectivity index (χ0) is 13.8. The summed E-state index contributed by atoms with van der Waals surface area (Å²) in [5, 5.41) is 0. The van der Waals surface area contributed by atoms with Gasteiger partial charge in [-0.15, -0.1) is 0 Å². The minimum absolute atomic E-state index is 0.0472. The summed E-state index contributed by atoms with van der Waals surface area (Å²) in [7, 11) is 0. The number of rotatable bonds is 5. The van der Waals surface area contributed by atoms with Crippen molar-refractivity contribution >= 4 is 0 Å². The first-order valence-electron chi connectivity index (χ1n) is 7.29. The smallest absolute Gasteiger partial charge is 0.122 e. The molecule has 0 bridgehead atoms. The Kier molecular flexibility index (Phi) is 5.02. The van der Waals surface area contributed by atoms with E-state index in [2.05, 4.69) is 11.8 Å². The van der Waals surface area contributed by atoms with Crippen molar-refractivity contribution in [2.75, 3.05) is 19.7 Å². The quantitative estimate of drug-likeness (QED) is 0.889. The van der Waals surface area contributed by atoms with Gasteiger partial charge in [0, 0.05) is 19.2 Å². The van der Waals surface area contributed by atoms with Gasteiger partial charge in [-0.1, -0.05) is 0 Å². The number of nitrogens with two attached hydrogens (primary N) is 1. The Morgan fingerprint density at radius 1 is 1.53 bits per heavy atom. The van der Waals surface area contributed by atoms with E-state index in [1.807, 2.05) is 26.0 Å². The average molecular weight is 266 g/mol. The summed E-state index contributed by atoms with van der Waals surface area (Å²) in [5.41, 5.74) is 6.19. The molecule has 1 saturated heterocycles. The van der Waals surface area contributed by atoms with Gasteiger partial charge in [0.25, 0.3) is 0 Å². The summed E-state index contributed by atoms with van der Waals surface area (Å²) in [5.74, 6) is 1.92. The van der Waals surface area contributed by atoms with Crippen molar-refractivity contribution in [2.45, 2.75) is 51.8 Å². The Bertz CT molecular complexity index is 387. The highest BCUT2D eigenvalue weighted by molar-refractivity contribution is 5.12. The topological polar surface area (TPSA) is 51.6 Å². The van der Waals surface area contributed by atoms with E-state index in [4.69, 9.17) is 14.9 Å². The van der Waals surface area contributed by atoms with E-state index in [0.717, 1.165) is 44.1 Å². The highest BCUT2D eigenvalue weighted by Crippen LogP contribution is 2.29. The van der Waals surface area contributed by atoms with Crippen LogP contribution in [0.4, 0.5) is 0 Å². The number of hydrogen-bond donors (Lipinski definition) is 1. The molecular formula is C15H26N2O2. The Labute approximate surface area is 115 Å². The summed E-state index contributed by atoms with van der Waals surface area (Å²) >= 11 is 0. The van der Waals surface area contributed by atoms with Crippen LogP contribution in [0, 0.1) is 6.92 Å². The molecule has 2 rings (SSSR count). The van der Waals surface area contributed by atoms with Crippen LogP contribution in [0.25, 0.3) is 0 Å². The molecule has 0 aliphatic carbocycles. The van der Waals surface area contributed by atoms with E-state index >= 15 is 0 Å². The number of hydrogen-bond acceptors (Lipinski definition) is 4. The fourth-order valence-corrected chi connectivity index (χ4v) is 2.97. The number of piperidine rings is 1. The van der Waals surface area contributed by atoms with Crippen molar-refractivity contribution in [3.63, 3.8) is 0 Å². The molecule has 0 aromatic carbocycles. The average Bonchev–Trinajstić information content (AvgIpc) is 2.76. The molecule has 1 aromatic heterocycles. The first-order chi connectivity index (χ1) is 9.11. The third-order valence-corrected chi connectivity index (χ3v) is 3.76. The first kappa shape index (κ1) is 14.6. The standard InChI is InChI=1S/C15H26N2O2/c1-4-18-13-6-5-9-17(10-13)15(12(3)16)14-8-7-11(2)19-14/h7-8,12-13,15H,4-6,9-10,16H2,1-3H3. The maximum Gasteiger partial charge on any atom is 0.122 e. The first-order valence-corrected chi connectivity index (χ1v) is 7.29. The van der Waals surface area contributed by atoms with Crippen molar-refractivity contribution < 1.29 is 9.15 Å². The van der Waals surface area contributed by atoms with Crippen molar-refractivity contribution in [3.8, 4) is 0 Å². The highest BCUT2D eigenvalue weighted by Gasteiger charge is 2.31. The number of nitrogens with zero attached hydrogens (tertiary/aromatic N) is 1. The molecule has 1 aliphatic rings. The lowest BCUT2D eigenvalue weighted by Crippen LogP contribution is -2.46. The van der Waals surface area contributed by atoms with Crippen molar-refractivity contribution in [3.05, 3.63) is 23.7 Å². The molecule has 108 valence electrons. The zero-order valence-corrected chi connectivity index (χ0v) is 12.3. The molecule has 3 atom stereocenters. The van der Waals surface area contributed by atoms with Gasteiger partial charge in [-0.05, 0) is 52.3 Å². The molecule has 19 heavy (non-hydrogen) atoms. The lowest BCUT2D eigenvalue weighted by Gasteiger charge is -2.38. The number of ether oxygens (including phenoxy) is 1. The van der Waals surface area contributed by atoms with Crippen LogP contribution < -0.4 is 5.73 Å². The van der Waals surface area contributed by atoms with Crippen LogP contribution in [-0.2, 0) is 4.74 Å². The second kappa shape index (κ2) is 6.55. The molecule has 0 saturated carbocycles. The third-order valence-electron chi connectivity index (χ3n) is 3.76. The molecule has 4 heteroatoms. The molecule has 2 N–H and O–H groups in total. The molecule has 3 unspecified atom stereocenters. The van der Waals surface area contributed by atoms with Gasteiger partial charge in [-0.3, -0.25) is 4.90 Å². The summed E-state index contributed by atoms with van der Waals surface area (Å²) in [6.07, 6.45) is 2.64. The van der Waals surface area contributed by atoms with E-state index in [9.17, 15) is 0 Å². The van der Waals surface area contributed by atoms with E-state index < -0.39 is 0 Å². The van der Waals surface area contributed by atoms with Gasteiger partial charge in [-0.2, -0.15) is 0 Å². The Hall–Kier alpha value is -0.840. The predicted octanol–water partition coefficient (Wildman–Crippen LogP) is 2.48. The van der Waals surface area contributed by atoms with E-state index in [-0.39, 0.29) is 12.1 Å². The van der Waals surface area contributed by atoms with Crippen LogP contribution in [0.3, 0.4) is 0 Å². The zero-order valence-electron chi connectivity index (χ0n) is 12.3. The Balaban J connectivity index is 2.10. The summed E-state index contributed by atoms with van der Waals surface area (Å²) in [6.45, 7) is 8.86. The van der Waals surface area contributed by atoms with Gasteiger partial charge in [-0.25, -0.2) is 0 Å². The minimum atomic E-state index is 0.0472. The van der Waals surface area contributed by atoms with Crippen molar-refractivity contribution in [1.29, 1.82) is 0 Å². The van der Waals surface area contributed by atoms with Gasteiger partial charge in [0.2, 0.25) is 0 Å². The maximum absolute atomic E-state index is 6.19. The molecule has 0 spiro atoms. The van der Waals surface area contributed by atoms with Gasteiger partial charge in [0.1, 0.15) is 11.5 Å². The fourth-order valence-electron chi connectivity index (χ4n) is 2.97. The van der Waals surface area contributed by atoms with Crippen LogP contribution >= 0.6 is 0 Å². The summed E-state index contributed by atoms with van der Waals surface area (Å²) in [4.78, 5) is 2.41. The van der Waals surface area contributed by atoms with E-state index in [1.54, 1.807) is 0 Å².